The molecule has 0 aliphatic rings. The molecule has 0 bridgehead atoms. The molecule has 236 valence electrons. The molecule has 1 unspecified atom stereocenters. The molecule has 2 aromatic rings. The quantitative estimate of drug-likeness (QED) is 0.127. The van der Waals surface area contributed by atoms with Gasteiger partial charge in [0.1, 0.15) is 5.75 Å². The third-order valence-corrected chi connectivity index (χ3v) is 8.14. The molecule has 42 heavy (non-hydrogen) atoms. The molecule has 7 nitrogen and oxygen atoms in total. The average molecular weight is 584 g/mol. The van der Waals surface area contributed by atoms with Crippen molar-refractivity contribution in [2.24, 2.45) is 0 Å². The van der Waals surface area contributed by atoms with Gasteiger partial charge in [0.05, 0.1) is 20.2 Å². The topological polar surface area (TPSA) is 64.0 Å². The van der Waals surface area contributed by atoms with Gasteiger partial charge in [0.2, 0.25) is 11.8 Å². The molecule has 2 rings (SSSR count). The second kappa shape index (κ2) is 21.0. The van der Waals surface area contributed by atoms with E-state index in [9.17, 15) is 9.59 Å². The van der Waals surface area contributed by atoms with Gasteiger partial charge in [-0.2, -0.15) is 0 Å². The molecule has 0 N–H and O–H groups in total. The van der Waals surface area contributed by atoms with E-state index in [-0.39, 0.29) is 24.4 Å². The molecule has 1 heterocycles. The third-order valence-electron chi connectivity index (χ3n) is 8.14. The van der Waals surface area contributed by atoms with Crippen LogP contribution in [0.15, 0.2) is 42.6 Å². The summed E-state index contributed by atoms with van der Waals surface area (Å²) in [5, 5.41) is 0. The van der Waals surface area contributed by atoms with Crippen LogP contribution in [0, 0.1) is 0 Å². The third kappa shape index (κ3) is 13.0. The highest BCUT2D eigenvalue weighted by Gasteiger charge is 2.25. The largest absolute Gasteiger partial charge is 0.497 e. The first-order valence-corrected chi connectivity index (χ1v) is 16.3. The normalized spacial score (nSPS) is 11.8. The number of nitrogens with zero attached hydrogens (tertiary/aromatic N) is 3. The Bertz CT molecular complexity index is 1020. The highest BCUT2D eigenvalue weighted by atomic mass is 16.5. The van der Waals surface area contributed by atoms with Crippen molar-refractivity contribution in [1.29, 1.82) is 0 Å². The lowest BCUT2D eigenvalue weighted by Gasteiger charge is -2.32. The van der Waals surface area contributed by atoms with Gasteiger partial charge in [-0.25, -0.2) is 0 Å². The Morgan fingerprint density at radius 3 is 2.26 bits per heavy atom. The van der Waals surface area contributed by atoms with Gasteiger partial charge in [0, 0.05) is 51.2 Å². The van der Waals surface area contributed by atoms with Crippen LogP contribution in [0.3, 0.4) is 0 Å². The van der Waals surface area contributed by atoms with Crippen LogP contribution in [0.4, 0.5) is 0 Å². The summed E-state index contributed by atoms with van der Waals surface area (Å²) in [5.41, 5.74) is 2.21. The number of carbonyl (C=O) groups is 2. The molecule has 2 amide bonds. The summed E-state index contributed by atoms with van der Waals surface area (Å²) >= 11 is 0. The Labute approximate surface area is 255 Å². The van der Waals surface area contributed by atoms with Crippen molar-refractivity contribution < 1.29 is 19.1 Å². The van der Waals surface area contributed by atoms with Crippen LogP contribution in [-0.2, 0) is 27.4 Å². The fourth-order valence-corrected chi connectivity index (χ4v) is 5.29. The fraction of sp³-hybridized carbons (Fsp3) is 0.657. The van der Waals surface area contributed by atoms with E-state index in [1.165, 1.54) is 44.9 Å². The van der Waals surface area contributed by atoms with Crippen LogP contribution in [0.25, 0.3) is 0 Å². The number of hydrogen-bond donors (Lipinski definition) is 0. The Morgan fingerprint density at radius 2 is 1.60 bits per heavy atom. The summed E-state index contributed by atoms with van der Waals surface area (Å²) in [6, 6.07) is 12.2. The number of methoxy groups -OCH3 is 2. The van der Waals surface area contributed by atoms with Crippen molar-refractivity contribution in [1.82, 2.24) is 14.4 Å². The Morgan fingerprint density at radius 1 is 0.881 bits per heavy atom. The predicted octanol–water partition coefficient (Wildman–Crippen LogP) is 7.46. The first kappa shape index (κ1) is 35.4. The molecule has 0 aliphatic carbocycles. The van der Waals surface area contributed by atoms with Crippen molar-refractivity contribution in [3.05, 3.63) is 53.9 Å². The van der Waals surface area contributed by atoms with Crippen LogP contribution >= 0.6 is 0 Å². The van der Waals surface area contributed by atoms with Gasteiger partial charge in [0.25, 0.3) is 0 Å². The molecule has 7 heteroatoms. The van der Waals surface area contributed by atoms with Gasteiger partial charge < -0.3 is 23.8 Å². The lowest BCUT2D eigenvalue weighted by atomic mass is 10.1. The first-order valence-electron chi connectivity index (χ1n) is 16.3. The zero-order valence-electron chi connectivity index (χ0n) is 27.1. The molecule has 0 radical (unpaired) electrons. The number of hydrogen-bond acceptors (Lipinski definition) is 4. The minimum Gasteiger partial charge on any atom is -0.497 e. The number of rotatable bonds is 23. The van der Waals surface area contributed by atoms with Gasteiger partial charge in [-0.3, -0.25) is 9.59 Å². The molecule has 1 aromatic carbocycles. The first-order chi connectivity index (χ1) is 20.4. The van der Waals surface area contributed by atoms with E-state index >= 15 is 0 Å². The van der Waals surface area contributed by atoms with E-state index in [1.807, 2.05) is 29.2 Å². The van der Waals surface area contributed by atoms with Crippen LogP contribution in [0.2, 0.25) is 0 Å². The van der Waals surface area contributed by atoms with Crippen molar-refractivity contribution >= 4 is 11.8 Å². The number of carbonyl (C=O) groups excluding carboxylic acids is 2. The van der Waals surface area contributed by atoms with Crippen LogP contribution < -0.4 is 4.74 Å². The van der Waals surface area contributed by atoms with Crippen molar-refractivity contribution in [2.75, 3.05) is 33.9 Å². The van der Waals surface area contributed by atoms with Gasteiger partial charge in [0.15, 0.2) is 0 Å². The summed E-state index contributed by atoms with van der Waals surface area (Å²) in [4.78, 5) is 30.7. The molecule has 1 atom stereocenters. The standard InChI is InChI=1S/C35H57N3O4/c1-6-8-9-10-11-12-13-14-15-22-34(39)37(24-18-25-41-4)29-35(40)38(30(3)7-2)28-32-20-17-23-36(32)27-31-19-16-21-33(26-31)42-5/h16-17,19-21,23,26,30H,6-15,18,22,24-25,27-29H2,1-5H3. The maximum absolute atomic E-state index is 13.8. The van der Waals surface area contributed by atoms with Crippen molar-refractivity contribution in [3.8, 4) is 5.75 Å². The lowest BCUT2D eigenvalue weighted by Crippen LogP contribution is -2.46. The minimum absolute atomic E-state index is 0.00340. The highest BCUT2D eigenvalue weighted by Crippen LogP contribution is 2.18. The van der Waals surface area contributed by atoms with E-state index in [4.69, 9.17) is 9.47 Å². The predicted molar refractivity (Wildman–Crippen MR) is 172 cm³/mol. The minimum atomic E-state index is -0.00340. The van der Waals surface area contributed by atoms with Gasteiger partial charge in [-0.05, 0) is 56.0 Å². The maximum atomic E-state index is 13.8. The summed E-state index contributed by atoms with van der Waals surface area (Å²) in [7, 11) is 3.35. The van der Waals surface area contributed by atoms with E-state index in [0.717, 1.165) is 42.7 Å². The molecule has 0 spiro atoms. The number of benzene rings is 1. The van der Waals surface area contributed by atoms with E-state index < -0.39 is 0 Å². The SMILES string of the molecule is CCCCCCCCCCCC(=O)N(CCCOC)CC(=O)N(Cc1cccn1Cc1cccc(OC)c1)C(C)CC. The summed E-state index contributed by atoms with van der Waals surface area (Å²) < 4.78 is 12.8. The monoisotopic (exact) mass is 583 g/mol. The second-order valence-corrected chi connectivity index (χ2v) is 11.5. The van der Waals surface area contributed by atoms with E-state index in [1.54, 1.807) is 19.1 Å². The Balaban J connectivity index is 2.00. The van der Waals surface area contributed by atoms with E-state index in [0.29, 0.717) is 32.7 Å². The zero-order chi connectivity index (χ0) is 30.6. The lowest BCUT2D eigenvalue weighted by molar-refractivity contribution is -0.142. The molecule has 1 aromatic heterocycles. The molecular weight excluding hydrogens is 526 g/mol. The fourth-order valence-electron chi connectivity index (χ4n) is 5.29. The molecule has 0 saturated heterocycles. The molecule has 0 fully saturated rings. The van der Waals surface area contributed by atoms with Gasteiger partial charge in [-0.15, -0.1) is 0 Å². The van der Waals surface area contributed by atoms with E-state index in [2.05, 4.69) is 43.7 Å². The summed E-state index contributed by atoms with van der Waals surface area (Å²) in [6.45, 7) is 8.86. The van der Waals surface area contributed by atoms with Gasteiger partial charge in [-0.1, -0.05) is 77.3 Å². The Hall–Kier alpha value is -2.80. The van der Waals surface area contributed by atoms with Crippen molar-refractivity contribution in [3.63, 3.8) is 0 Å². The average Bonchev–Trinajstić information content (AvgIpc) is 3.44. The number of amides is 2. The summed E-state index contributed by atoms with van der Waals surface area (Å²) in [6.07, 6.45) is 15.1. The summed E-state index contributed by atoms with van der Waals surface area (Å²) in [5.74, 6) is 0.905. The number of aromatic nitrogens is 1. The van der Waals surface area contributed by atoms with Crippen LogP contribution in [0.1, 0.15) is 109 Å². The number of unbranched alkanes of at least 4 members (excludes halogenated alkanes) is 8. The Kier molecular flexibility index (Phi) is 17.7. The molecule has 0 saturated carbocycles. The maximum Gasteiger partial charge on any atom is 0.242 e. The van der Waals surface area contributed by atoms with Crippen LogP contribution in [0.5, 0.6) is 5.75 Å². The number of ether oxygens (including phenoxy) is 2. The molecule has 0 aliphatic heterocycles. The highest BCUT2D eigenvalue weighted by molar-refractivity contribution is 5.85. The molecular formula is C35H57N3O4. The van der Waals surface area contributed by atoms with Crippen LogP contribution in [-0.4, -0.2) is 66.1 Å². The van der Waals surface area contributed by atoms with Crippen molar-refractivity contribution in [2.45, 2.75) is 117 Å². The van der Waals surface area contributed by atoms with Gasteiger partial charge >= 0.3 is 0 Å². The zero-order valence-corrected chi connectivity index (χ0v) is 27.1. The smallest absolute Gasteiger partial charge is 0.242 e. The second-order valence-electron chi connectivity index (χ2n) is 11.5.